The number of hydrogen-bond donors (Lipinski definition) is 0. The highest BCUT2D eigenvalue weighted by molar-refractivity contribution is 14.1. The molecule has 0 aliphatic heterocycles. The lowest BCUT2D eigenvalue weighted by Gasteiger charge is -2.17. The fraction of sp³-hybridized carbons (Fsp3) is 0.556. The van der Waals surface area contributed by atoms with Gasteiger partial charge in [-0.2, -0.15) is 0 Å². The Balaban J connectivity index is 2.92. The molecule has 0 radical (unpaired) electrons. The first-order chi connectivity index (χ1) is 5.15. The van der Waals surface area contributed by atoms with Crippen LogP contribution in [-0.2, 0) is 0 Å². The Morgan fingerprint density at radius 2 is 2.36 bits per heavy atom. The van der Waals surface area contributed by atoms with Crippen LogP contribution in [0.2, 0.25) is 0 Å². The van der Waals surface area contributed by atoms with Crippen LogP contribution in [0.15, 0.2) is 21.1 Å². The second-order valence-corrected chi connectivity index (χ2v) is 4.31. The van der Waals surface area contributed by atoms with E-state index in [0.717, 1.165) is 18.4 Å². The monoisotopic (exact) mass is 266 g/mol. The maximum absolute atomic E-state index is 13.2. The third-order valence-electron chi connectivity index (χ3n) is 1.95. The Kier molecular flexibility index (Phi) is 3.10. The van der Waals surface area contributed by atoms with Crippen LogP contribution in [0.5, 0.6) is 0 Å². The molecule has 0 saturated heterocycles. The minimum Gasteiger partial charge on any atom is -0.211 e. The molecule has 1 atom stereocenters. The normalized spacial score (nSPS) is 25.5. The van der Waals surface area contributed by atoms with Gasteiger partial charge in [0.15, 0.2) is 0 Å². The van der Waals surface area contributed by atoms with Crippen LogP contribution in [0.4, 0.5) is 4.39 Å². The fourth-order valence-electron chi connectivity index (χ4n) is 1.29. The Hall–Kier alpha value is 0.140. The standard InChI is InChI=1S/C9H12FI/c1-3-7-5-8(11)4-6(2)9(7)10/h5-6H,3-4H2,1-2H3. The van der Waals surface area contributed by atoms with Gasteiger partial charge in [-0.15, -0.1) is 0 Å². The van der Waals surface area contributed by atoms with Crippen LogP contribution >= 0.6 is 22.6 Å². The van der Waals surface area contributed by atoms with Crippen LogP contribution in [0, 0.1) is 5.92 Å². The van der Waals surface area contributed by atoms with Gasteiger partial charge in [-0.05, 0) is 50.7 Å². The topological polar surface area (TPSA) is 0 Å². The average Bonchev–Trinajstić information content (AvgIpc) is 1.96. The molecule has 1 aliphatic rings. The van der Waals surface area contributed by atoms with Crippen molar-refractivity contribution in [2.75, 3.05) is 0 Å². The lowest BCUT2D eigenvalue weighted by molar-refractivity contribution is 0.478. The van der Waals surface area contributed by atoms with Crippen LogP contribution in [0.3, 0.4) is 0 Å². The van der Waals surface area contributed by atoms with Crippen LogP contribution < -0.4 is 0 Å². The van der Waals surface area contributed by atoms with E-state index in [9.17, 15) is 4.39 Å². The molecule has 2 heteroatoms. The van der Waals surface area contributed by atoms with E-state index in [1.54, 1.807) is 0 Å². The van der Waals surface area contributed by atoms with Crippen molar-refractivity contribution in [2.24, 2.45) is 5.92 Å². The maximum atomic E-state index is 13.2. The van der Waals surface area contributed by atoms with Gasteiger partial charge in [-0.3, -0.25) is 0 Å². The minimum atomic E-state index is 0.0907. The maximum Gasteiger partial charge on any atom is 0.106 e. The van der Waals surface area contributed by atoms with E-state index in [-0.39, 0.29) is 11.7 Å². The Bertz CT molecular complexity index is 216. The lowest BCUT2D eigenvalue weighted by atomic mass is 9.95. The number of halogens is 2. The van der Waals surface area contributed by atoms with Crippen LogP contribution in [0.25, 0.3) is 0 Å². The summed E-state index contributed by atoms with van der Waals surface area (Å²) in [4.78, 5) is 0. The van der Waals surface area contributed by atoms with E-state index in [1.165, 1.54) is 3.58 Å². The van der Waals surface area contributed by atoms with Crippen molar-refractivity contribution in [3.8, 4) is 0 Å². The number of allylic oxidation sites excluding steroid dienone is 4. The Morgan fingerprint density at radius 3 is 2.91 bits per heavy atom. The highest BCUT2D eigenvalue weighted by Gasteiger charge is 2.17. The SMILES string of the molecule is CCC1=C(F)C(C)CC(I)=C1. The van der Waals surface area contributed by atoms with E-state index in [1.807, 2.05) is 19.9 Å². The Morgan fingerprint density at radius 1 is 1.73 bits per heavy atom. The summed E-state index contributed by atoms with van der Waals surface area (Å²) in [7, 11) is 0. The summed E-state index contributed by atoms with van der Waals surface area (Å²) in [5.74, 6) is 0.190. The van der Waals surface area contributed by atoms with Gasteiger partial charge in [0, 0.05) is 5.92 Å². The summed E-state index contributed by atoms with van der Waals surface area (Å²) >= 11 is 2.28. The van der Waals surface area contributed by atoms with Crippen molar-refractivity contribution < 1.29 is 4.39 Å². The molecule has 0 N–H and O–H groups in total. The van der Waals surface area contributed by atoms with Gasteiger partial charge in [0.1, 0.15) is 5.83 Å². The summed E-state index contributed by atoms with van der Waals surface area (Å²) in [5.41, 5.74) is 0.883. The molecule has 0 nitrogen and oxygen atoms in total. The summed E-state index contributed by atoms with van der Waals surface area (Å²) in [5, 5.41) is 0. The predicted octanol–water partition coefficient (Wildman–Crippen LogP) is 3.98. The molecule has 1 rings (SSSR count). The molecule has 0 spiro atoms. The zero-order valence-electron chi connectivity index (χ0n) is 6.82. The molecule has 0 bridgehead atoms. The van der Waals surface area contributed by atoms with Crippen molar-refractivity contribution in [3.05, 3.63) is 21.1 Å². The zero-order chi connectivity index (χ0) is 8.43. The molecule has 0 aromatic rings. The molecule has 0 heterocycles. The van der Waals surface area contributed by atoms with E-state index in [0.29, 0.717) is 0 Å². The van der Waals surface area contributed by atoms with Gasteiger partial charge in [0.05, 0.1) is 0 Å². The molecule has 1 aliphatic carbocycles. The molecule has 0 fully saturated rings. The fourth-order valence-corrected chi connectivity index (χ4v) is 2.32. The minimum absolute atomic E-state index is 0.0907. The molecule has 0 saturated carbocycles. The first kappa shape index (κ1) is 9.23. The highest BCUT2D eigenvalue weighted by Crippen LogP contribution is 2.34. The lowest BCUT2D eigenvalue weighted by Crippen LogP contribution is -2.03. The second kappa shape index (κ2) is 3.70. The summed E-state index contributed by atoms with van der Waals surface area (Å²) < 4.78 is 14.5. The number of hydrogen-bond acceptors (Lipinski definition) is 0. The van der Waals surface area contributed by atoms with Crippen molar-refractivity contribution >= 4 is 22.6 Å². The molecule has 11 heavy (non-hydrogen) atoms. The van der Waals surface area contributed by atoms with Crippen molar-refractivity contribution in [3.63, 3.8) is 0 Å². The van der Waals surface area contributed by atoms with Crippen molar-refractivity contribution in [1.82, 2.24) is 0 Å². The van der Waals surface area contributed by atoms with E-state index in [4.69, 9.17) is 0 Å². The largest absolute Gasteiger partial charge is 0.211 e. The third-order valence-corrected chi connectivity index (χ3v) is 2.70. The van der Waals surface area contributed by atoms with Crippen molar-refractivity contribution in [1.29, 1.82) is 0 Å². The van der Waals surface area contributed by atoms with E-state index < -0.39 is 0 Å². The summed E-state index contributed by atoms with van der Waals surface area (Å²) in [6, 6.07) is 0. The van der Waals surface area contributed by atoms with Crippen LogP contribution in [-0.4, -0.2) is 0 Å². The molecule has 0 aromatic carbocycles. The van der Waals surface area contributed by atoms with Gasteiger partial charge < -0.3 is 0 Å². The molecular formula is C9H12FI. The van der Waals surface area contributed by atoms with E-state index in [2.05, 4.69) is 22.6 Å². The van der Waals surface area contributed by atoms with Gasteiger partial charge in [-0.1, -0.05) is 13.8 Å². The highest BCUT2D eigenvalue weighted by atomic mass is 127. The third kappa shape index (κ3) is 2.04. The number of rotatable bonds is 1. The smallest absolute Gasteiger partial charge is 0.106 e. The van der Waals surface area contributed by atoms with Gasteiger partial charge in [-0.25, -0.2) is 4.39 Å². The van der Waals surface area contributed by atoms with Crippen molar-refractivity contribution in [2.45, 2.75) is 26.7 Å². The summed E-state index contributed by atoms with van der Waals surface area (Å²) in [6.07, 6.45) is 3.65. The zero-order valence-corrected chi connectivity index (χ0v) is 8.98. The molecule has 0 amide bonds. The molecule has 1 unspecified atom stereocenters. The predicted molar refractivity (Wildman–Crippen MR) is 54.3 cm³/mol. The van der Waals surface area contributed by atoms with Crippen LogP contribution in [0.1, 0.15) is 26.7 Å². The van der Waals surface area contributed by atoms with Gasteiger partial charge >= 0.3 is 0 Å². The summed E-state index contributed by atoms with van der Waals surface area (Å²) in [6.45, 7) is 3.93. The van der Waals surface area contributed by atoms with E-state index >= 15 is 0 Å². The molecular weight excluding hydrogens is 254 g/mol. The van der Waals surface area contributed by atoms with Gasteiger partial charge in [0.2, 0.25) is 0 Å². The quantitative estimate of drug-likeness (QED) is 0.630. The molecule has 62 valence electrons. The first-order valence-electron chi connectivity index (χ1n) is 3.89. The second-order valence-electron chi connectivity index (χ2n) is 2.92. The molecule has 0 aromatic heterocycles. The Labute approximate surface area is 80.7 Å². The first-order valence-corrected chi connectivity index (χ1v) is 4.97. The van der Waals surface area contributed by atoms with Gasteiger partial charge in [0.25, 0.3) is 0 Å². The average molecular weight is 266 g/mol.